The third kappa shape index (κ3) is 1.08. The van der Waals surface area contributed by atoms with E-state index in [-0.39, 0.29) is 10.3 Å². The van der Waals surface area contributed by atoms with Gasteiger partial charge in [0.2, 0.25) is 0 Å². The molecule has 0 N–H and O–H groups in total. The Morgan fingerprint density at radius 2 is 1.36 bits per heavy atom. The predicted octanol–water partition coefficient (Wildman–Crippen LogP) is -0.00630. The second-order valence-electron chi connectivity index (χ2n) is 1.91. The van der Waals surface area contributed by atoms with Crippen LogP contribution in [0.4, 0.5) is 0 Å². The first-order valence-corrected chi connectivity index (χ1v) is 3.61. The molecular formula is C5H2Cl2N4. The van der Waals surface area contributed by atoms with Crippen LogP contribution >= 0.6 is 23.2 Å². The Bertz CT molecular complexity index is 374. The van der Waals surface area contributed by atoms with Gasteiger partial charge < -0.3 is 0 Å². The fourth-order valence-electron chi connectivity index (χ4n) is 0.760. The Labute approximate surface area is 71.6 Å². The summed E-state index contributed by atoms with van der Waals surface area (Å²) in [6, 6.07) is 0. The van der Waals surface area contributed by atoms with Crippen LogP contribution in [0.25, 0.3) is 0 Å². The van der Waals surface area contributed by atoms with Gasteiger partial charge in [-0.1, -0.05) is 23.2 Å². The van der Waals surface area contributed by atoms with Crippen molar-refractivity contribution in [2.45, 2.75) is 0 Å². The first kappa shape index (κ1) is 6.94. The zero-order chi connectivity index (χ0) is 7.84. The van der Waals surface area contributed by atoms with Gasteiger partial charge in [-0.2, -0.15) is 0 Å². The van der Waals surface area contributed by atoms with Gasteiger partial charge in [-0.15, -0.1) is 0 Å². The van der Waals surface area contributed by atoms with Crippen LogP contribution in [0.15, 0.2) is 9.98 Å². The van der Waals surface area contributed by atoms with E-state index in [0.717, 1.165) is 0 Å². The Balaban J connectivity index is 2.88. The number of hydrogen-bond donors (Lipinski definition) is 0. The maximum atomic E-state index is 5.59. The molecule has 0 amide bonds. The van der Waals surface area contributed by atoms with Gasteiger partial charge in [-0.25, -0.2) is 20.0 Å². The molecule has 2 rings (SSSR count). The lowest BCUT2D eigenvalue weighted by Gasteiger charge is -1.88. The molecule has 1 aromatic heterocycles. The molecular weight excluding hydrogens is 187 g/mol. The molecule has 4 nitrogen and oxygen atoms in total. The van der Waals surface area contributed by atoms with Gasteiger partial charge in [-0.05, 0) is 0 Å². The normalized spacial score (nSPS) is 13.6. The molecule has 0 aliphatic carbocycles. The van der Waals surface area contributed by atoms with E-state index in [2.05, 4.69) is 20.0 Å². The topological polar surface area (TPSA) is 50.5 Å². The van der Waals surface area contributed by atoms with E-state index >= 15 is 0 Å². The molecule has 0 saturated carbocycles. The van der Waals surface area contributed by atoms with Gasteiger partial charge in [0.15, 0.2) is 21.3 Å². The molecule has 0 saturated heterocycles. The highest BCUT2D eigenvalue weighted by atomic mass is 35.5. The van der Waals surface area contributed by atoms with E-state index in [1.807, 2.05) is 0 Å². The first-order chi connectivity index (χ1) is 5.27. The number of hydrogen-bond acceptors (Lipinski definition) is 4. The lowest BCUT2D eigenvalue weighted by Crippen LogP contribution is -2.29. The van der Waals surface area contributed by atoms with Crippen molar-refractivity contribution in [3.63, 3.8) is 0 Å². The summed E-state index contributed by atoms with van der Waals surface area (Å²) in [4.78, 5) is 15.6. The summed E-state index contributed by atoms with van der Waals surface area (Å²) in [5.41, 5.74) is 0.943. The van der Waals surface area contributed by atoms with Gasteiger partial charge in [0.05, 0.1) is 0 Å². The summed E-state index contributed by atoms with van der Waals surface area (Å²) in [6.45, 7) is 0.367. The second-order valence-corrected chi connectivity index (χ2v) is 2.63. The number of aromatic nitrogens is 2. The molecule has 6 heteroatoms. The standard InChI is InChI=1S/C5H2Cl2N4/c6-2-3(7)11-5-4(10-2)8-1-9-5/h1H2. The fraction of sp³-hybridized carbons (Fsp3) is 0.200. The molecule has 2 heterocycles. The Hall–Kier alpha value is -0.740. The third-order valence-corrected chi connectivity index (χ3v) is 1.84. The van der Waals surface area contributed by atoms with E-state index in [1.165, 1.54) is 0 Å². The molecule has 0 unspecified atom stereocenters. The van der Waals surface area contributed by atoms with Crippen LogP contribution in [0.5, 0.6) is 0 Å². The van der Waals surface area contributed by atoms with Gasteiger partial charge >= 0.3 is 0 Å². The minimum Gasteiger partial charge on any atom is -0.240 e. The summed E-state index contributed by atoms with van der Waals surface area (Å²) in [5, 5.41) is 0.345. The monoisotopic (exact) mass is 188 g/mol. The molecule has 11 heavy (non-hydrogen) atoms. The van der Waals surface area contributed by atoms with Crippen molar-refractivity contribution in [1.82, 2.24) is 9.97 Å². The molecule has 0 atom stereocenters. The summed E-state index contributed by atoms with van der Waals surface area (Å²) >= 11 is 11.2. The Kier molecular flexibility index (Phi) is 1.51. The highest BCUT2D eigenvalue weighted by Gasteiger charge is 2.04. The summed E-state index contributed by atoms with van der Waals surface area (Å²) < 4.78 is 0. The highest BCUT2D eigenvalue weighted by molar-refractivity contribution is 6.40. The number of rotatable bonds is 0. The van der Waals surface area contributed by atoms with Gasteiger partial charge in [-0.3, -0.25) is 0 Å². The van der Waals surface area contributed by atoms with Crippen molar-refractivity contribution >= 4 is 23.2 Å². The van der Waals surface area contributed by atoms with Crippen molar-refractivity contribution in [2.75, 3.05) is 6.67 Å². The van der Waals surface area contributed by atoms with E-state index in [9.17, 15) is 0 Å². The van der Waals surface area contributed by atoms with Crippen LogP contribution in [0.2, 0.25) is 10.3 Å². The van der Waals surface area contributed by atoms with E-state index in [0.29, 0.717) is 17.6 Å². The van der Waals surface area contributed by atoms with Crippen molar-refractivity contribution in [3.8, 4) is 0 Å². The quantitative estimate of drug-likeness (QED) is 0.576. The molecule has 0 aromatic carbocycles. The van der Waals surface area contributed by atoms with Crippen LogP contribution in [0.1, 0.15) is 0 Å². The molecule has 0 spiro atoms. The molecule has 0 bridgehead atoms. The predicted molar refractivity (Wildman–Crippen MR) is 39.2 cm³/mol. The third-order valence-electron chi connectivity index (χ3n) is 1.22. The first-order valence-electron chi connectivity index (χ1n) is 2.85. The molecule has 1 aromatic rings. The van der Waals surface area contributed by atoms with Gasteiger partial charge in [0.1, 0.15) is 6.67 Å². The molecule has 0 fully saturated rings. The van der Waals surface area contributed by atoms with Crippen molar-refractivity contribution < 1.29 is 0 Å². The summed E-state index contributed by atoms with van der Waals surface area (Å²) in [7, 11) is 0. The number of halogens is 2. The summed E-state index contributed by atoms with van der Waals surface area (Å²) in [5.74, 6) is 0. The van der Waals surface area contributed by atoms with E-state index in [4.69, 9.17) is 23.2 Å². The van der Waals surface area contributed by atoms with Crippen LogP contribution < -0.4 is 11.0 Å². The molecule has 56 valence electrons. The van der Waals surface area contributed by atoms with Crippen LogP contribution in [0.3, 0.4) is 0 Å². The van der Waals surface area contributed by atoms with Crippen LogP contribution in [0, 0.1) is 0 Å². The van der Waals surface area contributed by atoms with Crippen molar-refractivity contribution in [2.24, 2.45) is 9.98 Å². The van der Waals surface area contributed by atoms with E-state index in [1.54, 1.807) is 0 Å². The molecule has 0 radical (unpaired) electrons. The molecule has 1 aliphatic heterocycles. The largest absolute Gasteiger partial charge is 0.240 e. The number of fused-ring (bicyclic) bond motifs is 1. The van der Waals surface area contributed by atoms with E-state index < -0.39 is 0 Å². The van der Waals surface area contributed by atoms with Crippen molar-refractivity contribution in [3.05, 3.63) is 21.3 Å². The SMILES string of the molecule is Clc1nc2c(nc1Cl)=NCN=2. The average molecular weight is 189 g/mol. The fourth-order valence-corrected chi connectivity index (χ4v) is 1.00. The zero-order valence-electron chi connectivity index (χ0n) is 5.25. The Morgan fingerprint density at radius 1 is 0.909 bits per heavy atom. The minimum absolute atomic E-state index is 0.172. The van der Waals surface area contributed by atoms with Crippen LogP contribution in [-0.4, -0.2) is 16.6 Å². The number of nitrogens with zero attached hydrogens (tertiary/aromatic N) is 4. The van der Waals surface area contributed by atoms with Gasteiger partial charge in [0, 0.05) is 0 Å². The smallest absolute Gasteiger partial charge is 0.196 e. The average Bonchev–Trinajstić information content (AvgIpc) is 2.36. The van der Waals surface area contributed by atoms with Crippen LogP contribution in [-0.2, 0) is 0 Å². The summed E-state index contributed by atoms with van der Waals surface area (Å²) in [6.07, 6.45) is 0. The zero-order valence-corrected chi connectivity index (χ0v) is 6.76. The minimum atomic E-state index is 0.172. The maximum Gasteiger partial charge on any atom is 0.196 e. The second kappa shape index (κ2) is 2.39. The highest BCUT2D eigenvalue weighted by Crippen LogP contribution is 2.11. The van der Waals surface area contributed by atoms with Gasteiger partial charge in [0.25, 0.3) is 0 Å². The van der Waals surface area contributed by atoms with Crippen molar-refractivity contribution in [1.29, 1.82) is 0 Å². The lowest BCUT2D eigenvalue weighted by molar-refractivity contribution is 1.04. The molecule has 1 aliphatic rings. The lowest BCUT2D eigenvalue weighted by atomic mass is 10.7. The Morgan fingerprint density at radius 3 is 1.82 bits per heavy atom. The maximum absolute atomic E-state index is 5.59.